The van der Waals surface area contributed by atoms with Crippen LogP contribution in [0.25, 0.3) is 0 Å². The number of nitrogens with zero attached hydrogens (tertiary/aromatic N) is 1. The van der Waals surface area contributed by atoms with Crippen molar-refractivity contribution in [2.45, 2.75) is 12.8 Å². The summed E-state index contributed by atoms with van der Waals surface area (Å²) in [6, 6.07) is 0. The van der Waals surface area contributed by atoms with E-state index in [1.54, 1.807) is 6.20 Å². The Balaban J connectivity index is 0.000000810. The third kappa shape index (κ3) is 2.98. The molecule has 0 saturated carbocycles. The minimum atomic E-state index is 0. The van der Waals surface area contributed by atoms with Crippen LogP contribution in [-0.2, 0) is 6.42 Å². The number of imidazole rings is 1. The van der Waals surface area contributed by atoms with Crippen LogP contribution in [0.1, 0.15) is 12.2 Å². The van der Waals surface area contributed by atoms with E-state index in [0.29, 0.717) is 0 Å². The highest BCUT2D eigenvalue weighted by Crippen LogP contribution is 1.91. The fourth-order valence-electron chi connectivity index (χ4n) is 0.704. The monoisotopic (exact) mass is 205 g/mol. The van der Waals surface area contributed by atoms with E-state index < -0.39 is 0 Å². The second kappa shape index (κ2) is 5.44. The molecule has 0 aliphatic heterocycles. The number of aryl methyl sites for hydroxylation is 1. The van der Waals surface area contributed by atoms with Crippen LogP contribution in [0, 0.1) is 0 Å². The average molecular weight is 206 g/mol. The maximum absolute atomic E-state index is 5.30. The third-order valence-corrected chi connectivity index (χ3v) is 1.17. The van der Waals surface area contributed by atoms with E-state index in [-0.39, 0.29) is 17.0 Å². The fourth-order valence-corrected chi connectivity index (χ4v) is 0.704. The molecule has 0 fully saturated rings. The highest BCUT2D eigenvalue weighted by Gasteiger charge is 1.90. The van der Waals surface area contributed by atoms with Crippen molar-refractivity contribution in [1.29, 1.82) is 0 Å². The Labute approximate surface area is 70.8 Å². The van der Waals surface area contributed by atoms with Gasteiger partial charge in [0.1, 0.15) is 5.82 Å². The highest BCUT2D eigenvalue weighted by atomic mass is 79.9. The van der Waals surface area contributed by atoms with E-state index in [4.69, 9.17) is 5.73 Å². The molecule has 58 valence electrons. The summed E-state index contributed by atoms with van der Waals surface area (Å²) < 4.78 is 0. The summed E-state index contributed by atoms with van der Waals surface area (Å²) in [6.45, 7) is 0.737. The molecule has 4 heteroatoms. The largest absolute Gasteiger partial charge is 0.349 e. The van der Waals surface area contributed by atoms with Crippen LogP contribution >= 0.6 is 17.0 Å². The minimum absolute atomic E-state index is 0. The first-order valence-corrected chi connectivity index (χ1v) is 3.12. The molecule has 0 atom stereocenters. The van der Waals surface area contributed by atoms with Crippen LogP contribution in [0.5, 0.6) is 0 Å². The van der Waals surface area contributed by atoms with Crippen LogP contribution in [0.15, 0.2) is 12.4 Å². The summed E-state index contributed by atoms with van der Waals surface area (Å²) in [4.78, 5) is 7.05. The number of nitrogens with one attached hydrogen (secondary N) is 1. The Kier molecular flexibility index (Phi) is 5.25. The molecule has 0 saturated heterocycles. The van der Waals surface area contributed by atoms with E-state index in [2.05, 4.69) is 9.97 Å². The molecule has 1 aromatic rings. The van der Waals surface area contributed by atoms with Gasteiger partial charge in [-0.25, -0.2) is 4.98 Å². The molecule has 0 radical (unpaired) electrons. The van der Waals surface area contributed by atoms with Gasteiger partial charge < -0.3 is 10.7 Å². The number of aromatic amines is 1. The van der Waals surface area contributed by atoms with E-state index in [9.17, 15) is 0 Å². The lowest BCUT2D eigenvalue weighted by atomic mass is 10.3. The van der Waals surface area contributed by atoms with Crippen molar-refractivity contribution in [3.63, 3.8) is 0 Å². The predicted octanol–water partition coefficient (Wildman–Crippen LogP) is 0.879. The molecular formula is C6H12BrN3. The zero-order chi connectivity index (χ0) is 6.53. The first-order valence-electron chi connectivity index (χ1n) is 3.12. The van der Waals surface area contributed by atoms with Crippen molar-refractivity contribution in [3.8, 4) is 0 Å². The first kappa shape index (κ1) is 9.65. The van der Waals surface area contributed by atoms with Crippen LogP contribution in [-0.4, -0.2) is 16.5 Å². The van der Waals surface area contributed by atoms with Crippen molar-refractivity contribution in [1.82, 2.24) is 9.97 Å². The second-order valence-electron chi connectivity index (χ2n) is 1.93. The fraction of sp³-hybridized carbons (Fsp3) is 0.500. The summed E-state index contributed by atoms with van der Waals surface area (Å²) in [5.74, 6) is 1.03. The molecule has 10 heavy (non-hydrogen) atoms. The van der Waals surface area contributed by atoms with Gasteiger partial charge in [-0.3, -0.25) is 0 Å². The lowest BCUT2D eigenvalue weighted by molar-refractivity contribution is 0.794. The van der Waals surface area contributed by atoms with Gasteiger partial charge in [-0.05, 0) is 13.0 Å². The number of hydrogen-bond donors (Lipinski definition) is 2. The Hall–Kier alpha value is -0.350. The van der Waals surface area contributed by atoms with Crippen molar-refractivity contribution >= 4 is 17.0 Å². The highest BCUT2D eigenvalue weighted by molar-refractivity contribution is 8.93. The molecule has 0 amide bonds. The number of hydrogen-bond acceptors (Lipinski definition) is 2. The molecule has 0 spiro atoms. The Morgan fingerprint density at radius 2 is 2.40 bits per heavy atom. The SMILES string of the molecule is Br.NCCCc1ncc[nH]1. The van der Waals surface area contributed by atoms with Crippen molar-refractivity contribution in [2.24, 2.45) is 5.73 Å². The van der Waals surface area contributed by atoms with Gasteiger partial charge in [-0.2, -0.15) is 0 Å². The molecule has 1 heterocycles. The topological polar surface area (TPSA) is 54.7 Å². The minimum Gasteiger partial charge on any atom is -0.349 e. The van der Waals surface area contributed by atoms with Gasteiger partial charge in [-0.1, -0.05) is 0 Å². The molecule has 0 unspecified atom stereocenters. The van der Waals surface area contributed by atoms with Crippen molar-refractivity contribution in [3.05, 3.63) is 18.2 Å². The third-order valence-electron chi connectivity index (χ3n) is 1.17. The molecule has 0 aromatic carbocycles. The van der Waals surface area contributed by atoms with Crippen molar-refractivity contribution in [2.75, 3.05) is 6.54 Å². The van der Waals surface area contributed by atoms with E-state index >= 15 is 0 Å². The smallest absolute Gasteiger partial charge is 0.106 e. The summed E-state index contributed by atoms with van der Waals surface area (Å²) in [5.41, 5.74) is 5.30. The summed E-state index contributed by atoms with van der Waals surface area (Å²) in [7, 11) is 0. The van der Waals surface area contributed by atoms with Crippen molar-refractivity contribution < 1.29 is 0 Å². The molecule has 0 aliphatic carbocycles. The summed E-state index contributed by atoms with van der Waals surface area (Å²) in [6.07, 6.45) is 5.55. The standard InChI is InChI=1S/C6H11N3.BrH/c7-3-1-2-6-8-4-5-9-6;/h4-5H,1-3,7H2,(H,8,9);1H. The number of halogens is 1. The molecule has 1 aromatic heterocycles. The van der Waals surface area contributed by atoms with Gasteiger partial charge in [0.2, 0.25) is 0 Å². The zero-order valence-electron chi connectivity index (χ0n) is 5.71. The van der Waals surface area contributed by atoms with E-state index in [1.807, 2.05) is 6.20 Å². The van der Waals surface area contributed by atoms with E-state index in [0.717, 1.165) is 25.2 Å². The van der Waals surface area contributed by atoms with Gasteiger partial charge in [-0.15, -0.1) is 17.0 Å². The maximum atomic E-state index is 5.30. The zero-order valence-corrected chi connectivity index (χ0v) is 7.42. The second-order valence-corrected chi connectivity index (χ2v) is 1.93. The van der Waals surface area contributed by atoms with Gasteiger partial charge in [0.15, 0.2) is 0 Å². The Morgan fingerprint density at radius 3 is 2.90 bits per heavy atom. The average Bonchev–Trinajstić information content (AvgIpc) is 2.34. The summed E-state index contributed by atoms with van der Waals surface area (Å²) >= 11 is 0. The molecule has 3 N–H and O–H groups in total. The van der Waals surface area contributed by atoms with Gasteiger partial charge in [0.25, 0.3) is 0 Å². The Bertz CT molecular complexity index is 150. The number of rotatable bonds is 3. The predicted molar refractivity (Wildman–Crippen MR) is 46.3 cm³/mol. The van der Waals surface area contributed by atoms with Gasteiger partial charge in [0.05, 0.1) is 0 Å². The molecule has 1 rings (SSSR count). The van der Waals surface area contributed by atoms with Crippen LogP contribution in [0.3, 0.4) is 0 Å². The normalized spacial score (nSPS) is 8.90. The lowest BCUT2D eigenvalue weighted by Gasteiger charge is -1.90. The summed E-state index contributed by atoms with van der Waals surface area (Å²) in [5, 5.41) is 0. The molecule has 0 aliphatic rings. The van der Waals surface area contributed by atoms with Crippen LogP contribution in [0.2, 0.25) is 0 Å². The number of H-pyrrole nitrogens is 1. The maximum Gasteiger partial charge on any atom is 0.106 e. The first-order chi connectivity index (χ1) is 4.43. The molecular weight excluding hydrogens is 194 g/mol. The number of aromatic nitrogens is 2. The van der Waals surface area contributed by atoms with E-state index in [1.165, 1.54) is 0 Å². The molecule has 3 nitrogen and oxygen atoms in total. The van der Waals surface area contributed by atoms with Crippen LogP contribution < -0.4 is 5.73 Å². The van der Waals surface area contributed by atoms with Crippen LogP contribution in [0.4, 0.5) is 0 Å². The lowest BCUT2D eigenvalue weighted by Crippen LogP contribution is -2.00. The van der Waals surface area contributed by atoms with Gasteiger partial charge in [0, 0.05) is 18.8 Å². The Morgan fingerprint density at radius 1 is 1.60 bits per heavy atom. The molecule has 0 bridgehead atoms. The quantitative estimate of drug-likeness (QED) is 0.771. The number of nitrogens with two attached hydrogens (primary N) is 1. The van der Waals surface area contributed by atoms with Gasteiger partial charge >= 0.3 is 0 Å².